The molecule has 9 nitrogen and oxygen atoms in total. The van der Waals surface area contributed by atoms with Gasteiger partial charge >= 0.3 is 11.6 Å². The number of fused-ring (bicyclic) bond motifs is 5. The van der Waals surface area contributed by atoms with E-state index in [0.717, 1.165) is 80.1 Å². The van der Waals surface area contributed by atoms with Crippen molar-refractivity contribution in [1.82, 2.24) is 5.32 Å². The fraction of sp³-hybridized carbons (Fsp3) is 0.617. The Kier molecular flexibility index (Phi) is 11.2. The van der Waals surface area contributed by atoms with Crippen LogP contribution in [0.1, 0.15) is 164 Å². The molecule has 3 aliphatic heterocycles. The third-order valence-corrected chi connectivity index (χ3v) is 13.3. The molecular formula is C47H62N2O7. The topological polar surface area (TPSA) is 115 Å². The van der Waals surface area contributed by atoms with Crippen LogP contribution in [0.2, 0.25) is 0 Å². The number of anilines is 1. The van der Waals surface area contributed by atoms with Gasteiger partial charge in [0.25, 0.3) is 5.91 Å². The van der Waals surface area contributed by atoms with Crippen molar-refractivity contribution in [2.75, 3.05) is 24.5 Å². The number of nitrogens with one attached hydrogen (secondary N) is 1. The maximum Gasteiger partial charge on any atom is 0.349 e. The van der Waals surface area contributed by atoms with Crippen LogP contribution in [-0.2, 0) is 27.8 Å². The number of ether oxygens (including phenoxy) is 2. The summed E-state index contributed by atoms with van der Waals surface area (Å²) in [6.07, 6.45) is 12.2. The average Bonchev–Trinajstić information content (AvgIpc) is 3.14. The number of carbonyl (C=O) groups excluding carboxylic acids is 3. The number of benzene rings is 2. The molecule has 56 heavy (non-hydrogen) atoms. The quantitative estimate of drug-likeness (QED) is 0.0792. The summed E-state index contributed by atoms with van der Waals surface area (Å²) in [5.41, 5.74) is 3.90. The van der Waals surface area contributed by atoms with Gasteiger partial charge in [0.05, 0.1) is 5.41 Å². The van der Waals surface area contributed by atoms with E-state index < -0.39 is 22.5 Å². The number of aryl methyl sites for hydroxylation is 2. The van der Waals surface area contributed by atoms with E-state index in [1.54, 1.807) is 6.07 Å². The summed E-state index contributed by atoms with van der Waals surface area (Å²) in [5.74, 6) is 0.640. The Morgan fingerprint density at radius 2 is 1.71 bits per heavy atom. The summed E-state index contributed by atoms with van der Waals surface area (Å²) in [6.45, 7) is 17.0. The molecule has 1 fully saturated rings. The molecule has 2 aromatic carbocycles. The van der Waals surface area contributed by atoms with Gasteiger partial charge in [-0.1, -0.05) is 46.5 Å². The van der Waals surface area contributed by atoms with Crippen LogP contribution in [0.4, 0.5) is 5.69 Å². The summed E-state index contributed by atoms with van der Waals surface area (Å²) >= 11 is 0. The predicted octanol–water partition coefficient (Wildman–Crippen LogP) is 9.51. The Morgan fingerprint density at radius 1 is 0.946 bits per heavy atom. The van der Waals surface area contributed by atoms with Gasteiger partial charge in [-0.15, -0.1) is 0 Å². The minimum absolute atomic E-state index is 0.00497. The van der Waals surface area contributed by atoms with Crippen molar-refractivity contribution < 1.29 is 28.3 Å². The highest BCUT2D eigenvalue weighted by Gasteiger charge is 2.48. The van der Waals surface area contributed by atoms with E-state index >= 15 is 0 Å². The van der Waals surface area contributed by atoms with E-state index in [1.807, 2.05) is 19.9 Å². The summed E-state index contributed by atoms with van der Waals surface area (Å²) < 4.78 is 19.0. The van der Waals surface area contributed by atoms with Gasteiger partial charge in [0.2, 0.25) is 0 Å². The maximum absolute atomic E-state index is 14.1. The summed E-state index contributed by atoms with van der Waals surface area (Å²) in [5, 5.41) is 3.69. The monoisotopic (exact) mass is 766 g/mol. The number of nitrogens with zero attached hydrogens (tertiary/aromatic N) is 1. The number of Topliss-reactive ketones (excluding diaryl/α,β-unsaturated/α-hetero) is 1. The molecule has 0 saturated heterocycles. The molecule has 0 radical (unpaired) electrons. The van der Waals surface area contributed by atoms with Crippen molar-refractivity contribution in [2.45, 2.75) is 155 Å². The second-order valence-corrected chi connectivity index (χ2v) is 18.8. The first-order chi connectivity index (χ1) is 26.6. The molecule has 4 aliphatic rings. The Labute approximate surface area is 332 Å². The van der Waals surface area contributed by atoms with Gasteiger partial charge in [-0.2, -0.15) is 0 Å². The van der Waals surface area contributed by atoms with Crippen LogP contribution < -0.4 is 25.3 Å². The molecule has 1 aliphatic carbocycles. The lowest BCUT2D eigenvalue weighted by Gasteiger charge is -2.47. The van der Waals surface area contributed by atoms with E-state index in [9.17, 15) is 19.2 Å². The van der Waals surface area contributed by atoms with E-state index in [-0.39, 0.29) is 41.1 Å². The van der Waals surface area contributed by atoms with Crippen LogP contribution in [0.15, 0.2) is 33.5 Å². The van der Waals surface area contributed by atoms with Crippen LogP contribution in [0.25, 0.3) is 11.0 Å². The minimum Gasteiger partial charge on any atom is -0.487 e. The van der Waals surface area contributed by atoms with Gasteiger partial charge < -0.3 is 24.1 Å². The molecule has 1 saturated carbocycles. The molecule has 7 rings (SSSR count). The summed E-state index contributed by atoms with van der Waals surface area (Å²) in [4.78, 5) is 55.9. The normalized spacial score (nSPS) is 20.1. The number of hydrogen-bond acceptors (Lipinski definition) is 8. The van der Waals surface area contributed by atoms with Crippen molar-refractivity contribution in [3.8, 4) is 11.5 Å². The molecule has 0 bridgehead atoms. The largest absolute Gasteiger partial charge is 0.487 e. The lowest BCUT2D eigenvalue weighted by atomic mass is 9.66. The lowest BCUT2D eigenvalue weighted by molar-refractivity contribution is -0.144. The zero-order valence-electron chi connectivity index (χ0n) is 34.8. The third-order valence-electron chi connectivity index (χ3n) is 13.3. The Hall–Kier alpha value is -4.14. The van der Waals surface area contributed by atoms with Crippen LogP contribution in [0.3, 0.4) is 0 Å². The zero-order chi connectivity index (χ0) is 40.0. The van der Waals surface area contributed by atoms with Crippen LogP contribution in [0.5, 0.6) is 11.5 Å². The summed E-state index contributed by atoms with van der Waals surface area (Å²) in [7, 11) is 0. The molecule has 1 aromatic heterocycles. The Balaban J connectivity index is 1.06. The van der Waals surface area contributed by atoms with Gasteiger partial charge in [0.1, 0.15) is 34.0 Å². The van der Waals surface area contributed by atoms with Gasteiger partial charge in [-0.3, -0.25) is 14.4 Å². The second kappa shape index (κ2) is 15.7. The molecule has 1 N–H and O–H groups in total. The first-order valence-electron chi connectivity index (χ1n) is 21.4. The molecular weight excluding hydrogens is 705 g/mol. The highest BCUT2D eigenvalue weighted by molar-refractivity contribution is 5.98. The van der Waals surface area contributed by atoms with E-state index in [1.165, 1.54) is 30.5 Å². The number of unbranched alkanes of at least 4 members (excludes halogenated alkanes) is 3. The SMILES string of the molecule is CCCCCCC(C)(C)c1cc(OC(=O)C(C)(C)CCCNC(=O)c2cc3cc4c5c(c3oc2=O)CCCN5CCC4)c2c(c1)OC(C)(C)[C@H]1CCC(=O)C[C@@H]21. The molecule has 2 atom stereocenters. The highest BCUT2D eigenvalue weighted by atomic mass is 16.5. The van der Waals surface area contributed by atoms with Gasteiger partial charge in [0.15, 0.2) is 0 Å². The van der Waals surface area contributed by atoms with Crippen molar-refractivity contribution >= 4 is 34.3 Å². The maximum atomic E-state index is 14.1. The fourth-order valence-corrected chi connectivity index (χ4v) is 9.94. The molecule has 3 aromatic rings. The van der Waals surface area contributed by atoms with E-state index in [4.69, 9.17) is 13.9 Å². The number of hydrogen-bond donors (Lipinski definition) is 1. The average molecular weight is 767 g/mol. The van der Waals surface area contributed by atoms with Gasteiger partial charge in [0, 0.05) is 66.5 Å². The van der Waals surface area contributed by atoms with Gasteiger partial charge in [-0.25, -0.2) is 4.79 Å². The van der Waals surface area contributed by atoms with E-state index in [0.29, 0.717) is 42.8 Å². The lowest BCUT2D eigenvalue weighted by Crippen LogP contribution is -2.47. The smallest absolute Gasteiger partial charge is 0.349 e. The number of esters is 1. The number of carbonyl (C=O) groups is 3. The van der Waals surface area contributed by atoms with Crippen LogP contribution in [-0.4, -0.2) is 42.9 Å². The van der Waals surface area contributed by atoms with Crippen molar-refractivity contribution in [3.63, 3.8) is 0 Å². The Morgan fingerprint density at radius 3 is 2.48 bits per heavy atom. The molecule has 4 heterocycles. The van der Waals surface area contributed by atoms with E-state index in [2.05, 4.69) is 57.0 Å². The zero-order valence-corrected chi connectivity index (χ0v) is 34.8. The second-order valence-electron chi connectivity index (χ2n) is 18.8. The predicted molar refractivity (Wildman–Crippen MR) is 220 cm³/mol. The molecule has 0 unspecified atom stereocenters. The first kappa shape index (κ1) is 40.1. The molecule has 0 spiro atoms. The number of rotatable bonds is 13. The van der Waals surface area contributed by atoms with Crippen molar-refractivity contribution in [2.24, 2.45) is 11.3 Å². The summed E-state index contributed by atoms with van der Waals surface area (Å²) in [6, 6.07) is 7.92. The highest BCUT2D eigenvalue weighted by Crippen LogP contribution is 2.55. The number of ketones is 1. The fourth-order valence-electron chi connectivity index (χ4n) is 9.94. The van der Waals surface area contributed by atoms with Crippen molar-refractivity contribution in [3.05, 3.63) is 62.5 Å². The van der Waals surface area contributed by atoms with Gasteiger partial charge in [-0.05, 0) is 120 Å². The molecule has 1 amide bonds. The molecule has 302 valence electrons. The Bertz CT molecular complexity index is 2070. The standard InChI is InChI=1S/C47H62N2O7/c1-8-9-10-11-19-45(2,3)31-26-37(39-34-28-32(50)17-18-36(34)47(6,7)56-38(39)27-31)54-44(53)46(4,5)20-14-21-48-42(51)35-25-30-24-29-15-12-22-49-23-13-16-33(40(29)49)41(30)55-43(35)52/h24-27,34,36H,8-23,28H2,1-7H3,(H,48,51)/t34-,36+/m1/s1. The van der Waals surface area contributed by atoms with Crippen LogP contribution in [0, 0.1) is 11.3 Å². The minimum atomic E-state index is -0.879. The molecule has 9 heteroatoms. The first-order valence-corrected chi connectivity index (χ1v) is 21.4. The van der Waals surface area contributed by atoms with Crippen molar-refractivity contribution in [1.29, 1.82) is 0 Å². The third kappa shape index (κ3) is 7.89. The van der Waals surface area contributed by atoms with Crippen LogP contribution >= 0.6 is 0 Å². The number of amides is 1.